The van der Waals surface area contributed by atoms with Crippen LogP contribution in [0.4, 0.5) is 0 Å². The van der Waals surface area contributed by atoms with E-state index in [-0.39, 0.29) is 19.1 Å². The second kappa shape index (κ2) is 14.9. The first kappa shape index (κ1) is 28.9. The molecule has 0 amide bonds. The number of benzene rings is 1. The molecule has 0 heterocycles. The van der Waals surface area contributed by atoms with Gasteiger partial charge in [0.25, 0.3) is 0 Å². The highest BCUT2D eigenvalue weighted by atomic mass is 16.3. The Labute approximate surface area is 221 Å². The zero-order valence-corrected chi connectivity index (χ0v) is 23.6. The van der Waals surface area contributed by atoms with Gasteiger partial charge < -0.3 is 10.2 Å². The maximum Gasteiger partial charge on any atom is 0.0483 e. The van der Waals surface area contributed by atoms with Crippen molar-refractivity contribution in [3.63, 3.8) is 0 Å². The monoisotopic (exact) mass is 492 g/mol. The molecule has 2 N–H and O–H groups in total. The van der Waals surface area contributed by atoms with Crippen molar-refractivity contribution < 1.29 is 10.2 Å². The minimum Gasteiger partial charge on any atom is -0.396 e. The first-order valence-corrected chi connectivity index (χ1v) is 15.0. The van der Waals surface area contributed by atoms with Crippen LogP contribution in [0.15, 0.2) is 46.6 Å². The van der Waals surface area contributed by atoms with Gasteiger partial charge in [-0.2, -0.15) is 0 Å². The van der Waals surface area contributed by atoms with Crippen molar-refractivity contribution >= 4 is 6.08 Å². The maximum atomic E-state index is 9.55. The molecule has 0 aliphatic heterocycles. The zero-order chi connectivity index (χ0) is 25.9. The van der Waals surface area contributed by atoms with Crippen LogP contribution in [0.5, 0.6) is 0 Å². The van der Waals surface area contributed by atoms with E-state index in [4.69, 9.17) is 0 Å². The summed E-state index contributed by atoms with van der Waals surface area (Å²) in [5, 5.41) is 19.1. The summed E-state index contributed by atoms with van der Waals surface area (Å²) >= 11 is 0. The SMILES string of the molecule is CCCCCC1=C(CCC)C=C(/C(C)=C/c2ccc(C3CCC(C(CO)CO)CC3)cc2CC)CC1. The summed E-state index contributed by atoms with van der Waals surface area (Å²) in [6.07, 6.45) is 20.7. The van der Waals surface area contributed by atoms with Gasteiger partial charge in [-0.15, -0.1) is 0 Å². The van der Waals surface area contributed by atoms with E-state index in [1.54, 1.807) is 11.1 Å². The van der Waals surface area contributed by atoms with Crippen LogP contribution < -0.4 is 0 Å². The molecule has 200 valence electrons. The van der Waals surface area contributed by atoms with Crippen LogP contribution in [-0.2, 0) is 6.42 Å². The van der Waals surface area contributed by atoms with Crippen molar-refractivity contribution in [2.45, 2.75) is 117 Å². The molecule has 3 rings (SSSR count). The van der Waals surface area contributed by atoms with Crippen molar-refractivity contribution in [3.05, 3.63) is 63.3 Å². The number of rotatable bonds is 13. The van der Waals surface area contributed by atoms with E-state index < -0.39 is 0 Å². The number of hydrogen-bond donors (Lipinski definition) is 2. The van der Waals surface area contributed by atoms with Crippen molar-refractivity contribution in [2.24, 2.45) is 11.8 Å². The van der Waals surface area contributed by atoms with Gasteiger partial charge >= 0.3 is 0 Å². The topological polar surface area (TPSA) is 40.5 Å². The molecule has 1 aromatic carbocycles. The lowest BCUT2D eigenvalue weighted by Gasteiger charge is -2.32. The lowest BCUT2D eigenvalue weighted by molar-refractivity contribution is 0.0854. The van der Waals surface area contributed by atoms with Gasteiger partial charge in [0, 0.05) is 19.1 Å². The maximum absolute atomic E-state index is 9.55. The lowest BCUT2D eigenvalue weighted by Crippen LogP contribution is -2.26. The van der Waals surface area contributed by atoms with Crippen LogP contribution in [0.1, 0.15) is 127 Å². The Morgan fingerprint density at radius 2 is 1.69 bits per heavy atom. The molecule has 2 nitrogen and oxygen atoms in total. The third-order valence-electron chi connectivity index (χ3n) is 8.91. The van der Waals surface area contributed by atoms with Crippen molar-refractivity contribution in [1.29, 1.82) is 0 Å². The fraction of sp³-hybridized carbons (Fsp3) is 0.647. The first-order valence-electron chi connectivity index (χ1n) is 15.0. The molecular weight excluding hydrogens is 440 g/mol. The Balaban J connectivity index is 1.73. The number of hydrogen-bond acceptors (Lipinski definition) is 2. The number of allylic oxidation sites excluding steroid dienone is 5. The van der Waals surface area contributed by atoms with Gasteiger partial charge in [0.05, 0.1) is 0 Å². The zero-order valence-electron chi connectivity index (χ0n) is 23.6. The average molecular weight is 493 g/mol. The Bertz CT molecular complexity index is 907. The summed E-state index contributed by atoms with van der Waals surface area (Å²) in [6.45, 7) is 9.41. The predicted octanol–water partition coefficient (Wildman–Crippen LogP) is 8.92. The molecule has 1 aromatic rings. The van der Waals surface area contributed by atoms with Crippen LogP contribution in [0.3, 0.4) is 0 Å². The van der Waals surface area contributed by atoms with E-state index >= 15 is 0 Å². The third-order valence-corrected chi connectivity index (χ3v) is 8.91. The Kier molecular flexibility index (Phi) is 12.0. The van der Waals surface area contributed by atoms with E-state index in [9.17, 15) is 10.2 Å². The van der Waals surface area contributed by atoms with Crippen LogP contribution in [0.2, 0.25) is 0 Å². The van der Waals surface area contributed by atoms with Crippen molar-refractivity contribution in [1.82, 2.24) is 0 Å². The van der Waals surface area contributed by atoms with Gasteiger partial charge in [-0.05, 0) is 116 Å². The van der Waals surface area contributed by atoms with Crippen LogP contribution in [0, 0.1) is 11.8 Å². The van der Waals surface area contributed by atoms with Crippen LogP contribution >= 0.6 is 0 Å². The van der Waals surface area contributed by atoms with Gasteiger partial charge in [0.2, 0.25) is 0 Å². The summed E-state index contributed by atoms with van der Waals surface area (Å²) in [7, 11) is 0. The molecule has 0 bridgehead atoms. The molecular formula is C34H52O2. The summed E-state index contributed by atoms with van der Waals surface area (Å²) < 4.78 is 0. The highest BCUT2D eigenvalue weighted by molar-refractivity contribution is 5.62. The van der Waals surface area contributed by atoms with Gasteiger partial charge in [-0.3, -0.25) is 0 Å². The minimum absolute atomic E-state index is 0.0573. The smallest absolute Gasteiger partial charge is 0.0483 e. The molecule has 2 aliphatic rings. The van der Waals surface area contributed by atoms with E-state index in [1.165, 1.54) is 92.0 Å². The van der Waals surface area contributed by atoms with Crippen molar-refractivity contribution in [3.8, 4) is 0 Å². The largest absolute Gasteiger partial charge is 0.396 e. The number of aliphatic hydroxyl groups excluding tert-OH is 2. The molecule has 36 heavy (non-hydrogen) atoms. The van der Waals surface area contributed by atoms with E-state index in [0.717, 1.165) is 19.3 Å². The molecule has 0 saturated heterocycles. The highest BCUT2D eigenvalue weighted by Gasteiger charge is 2.27. The summed E-state index contributed by atoms with van der Waals surface area (Å²) in [6, 6.07) is 7.18. The molecule has 0 aromatic heterocycles. The summed E-state index contributed by atoms with van der Waals surface area (Å²) in [5.74, 6) is 1.13. The van der Waals surface area contributed by atoms with Gasteiger partial charge in [0.1, 0.15) is 0 Å². The molecule has 0 atom stereocenters. The van der Waals surface area contributed by atoms with Gasteiger partial charge in [-0.25, -0.2) is 0 Å². The predicted molar refractivity (Wildman–Crippen MR) is 155 cm³/mol. The van der Waals surface area contributed by atoms with Crippen LogP contribution in [0.25, 0.3) is 6.08 Å². The molecule has 1 saturated carbocycles. The standard InChI is InChI=1S/C34H52O2/c1-5-8-9-11-27-16-17-30(22-31(27)10-6-2)25(4)20-32-18-19-33(21-26(32)7-3)28-12-14-29(15-13-28)34(23-35)24-36/h18-22,28-29,34-36H,5-17,23-24H2,1-4H3/b25-20+. The molecule has 2 aliphatic carbocycles. The van der Waals surface area contributed by atoms with Crippen molar-refractivity contribution in [2.75, 3.05) is 13.2 Å². The molecule has 0 unspecified atom stereocenters. The lowest BCUT2D eigenvalue weighted by atomic mass is 9.74. The van der Waals surface area contributed by atoms with E-state index in [0.29, 0.717) is 11.8 Å². The van der Waals surface area contributed by atoms with Gasteiger partial charge in [-0.1, -0.05) is 76.0 Å². The first-order chi connectivity index (χ1) is 17.5. The number of aryl methyl sites for hydroxylation is 1. The molecule has 0 spiro atoms. The third kappa shape index (κ3) is 7.68. The second-order valence-corrected chi connectivity index (χ2v) is 11.4. The Morgan fingerprint density at radius 3 is 2.33 bits per heavy atom. The van der Waals surface area contributed by atoms with E-state index in [1.807, 2.05) is 0 Å². The minimum atomic E-state index is 0.0573. The Morgan fingerprint density at radius 1 is 0.944 bits per heavy atom. The van der Waals surface area contributed by atoms with Crippen LogP contribution in [-0.4, -0.2) is 23.4 Å². The average Bonchev–Trinajstić information content (AvgIpc) is 2.91. The fourth-order valence-electron chi connectivity index (χ4n) is 6.47. The van der Waals surface area contributed by atoms with Gasteiger partial charge in [0.15, 0.2) is 0 Å². The van der Waals surface area contributed by atoms with E-state index in [2.05, 4.69) is 58.0 Å². The normalized spacial score (nSPS) is 21.3. The second-order valence-electron chi connectivity index (χ2n) is 11.4. The quantitative estimate of drug-likeness (QED) is 0.270. The Hall–Kier alpha value is -1.64. The number of unbranched alkanes of at least 4 members (excludes halogenated alkanes) is 2. The fourth-order valence-corrected chi connectivity index (χ4v) is 6.47. The summed E-state index contributed by atoms with van der Waals surface area (Å²) in [4.78, 5) is 0. The highest BCUT2D eigenvalue weighted by Crippen LogP contribution is 2.40. The number of aliphatic hydroxyl groups is 2. The summed E-state index contributed by atoms with van der Waals surface area (Å²) in [5.41, 5.74) is 10.6. The molecule has 2 heteroatoms. The molecule has 1 fully saturated rings. The molecule has 0 radical (unpaired) electrons.